The van der Waals surface area contributed by atoms with Crippen LogP contribution in [0.1, 0.15) is 28.4 Å². The molecule has 0 fully saturated rings. The van der Waals surface area contributed by atoms with Crippen LogP contribution in [-0.2, 0) is 12.6 Å². The minimum atomic E-state index is -4.61. The average molecular weight is 441 g/mol. The summed E-state index contributed by atoms with van der Waals surface area (Å²) in [6, 6.07) is 10.4. The van der Waals surface area contributed by atoms with Gasteiger partial charge in [-0.3, -0.25) is 0 Å². The third-order valence-electron chi connectivity index (χ3n) is 4.24. The summed E-state index contributed by atoms with van der Waals surface area (Å²) in [4.78, 5) is 11.9. The monoisotopic (exact) mass is 440 g/mol. The zero-order valence-corrected chi connectivity index (χ0v) is 16.7. The van der Waals surface area contributed by atoms with Gasteiger partial charge in [0.2, 0.25) is 0 Å². The lowest BCUT2D eigenvalue weighted by atomic mass is 10.1. The molecule has 1 heterocycles. The van der Waals surface area contributed by atoms with Crippen molar-refractivity contribution in [3.63, 3.8) is 0 Å². The van der Waals surface area contributed by atoms with Crippen LogP contribution < -0.4 is 4.72 Å². The van der Waals surface area contributed by atoms with Gasteiger partial charge >= 0.3 is 12.1 Å². The number of nitrogens with zero attached hydrogens (tertiary/aromatic N) is 1. The zero-order chi connectivity index (χ0) is 21.2. The number of aromatic carboxylic acids is 1. The topological polar surface area (TPSA) is 54.3 Å². The summed E-state index contributed by atoms with van der Waals surface area (Å²) in [5.41, 5.74) is 0.663. The van der Waals surface area contributed by atoms with E-state index in [9.17, 15) is 23.1 Å². The summed E-state index contributed by atoms with van der Waals surface area (Å²) in [5, 5.41) is 8.81. The summed E-state index contributed by atoms with van der Waals surface area (Å²) in [6.07, 6.45) is -0.581. The van der Waals surface area contributed by atoms with E-state index in [-0.39, 0.29) is 11.3 Å². The predicted molar refractivity (Wildman–Crippen MR) is 108 cm³/mol. The largest absolute Gasteiger partial charge is 0.478 e. The van der Waals surface area contributed by atoms with Gasteiger partial charge in [-0.2, -0.15) is 13.2 Å². The molecule has 0 spiro atoms. The van der Waals surface area contributed by atoms with Crippen LogP contribution in [0.5, 0.6) is 0 Å². The molecule has 0 unspecified atom stereocenters. The number of carboxylic acids is 1. The fraction of sp³-hybridized carbons (Fsp3) is 0.150. The van der Waals surface area contributed by atoms with Gasteiger partial charge in [-0.05, 0) is 60.3 Å². The molecule has 3 aromatic rings. The zero-order valence-electron chi connectivity index (χ0n) is 15.1. The van der Waals surface area contributed by atoms with Crippen molar-refractivity contribution in [1.29, 1.82) is 0 Å². The molecule has 0 aliphatic carbocycles. The number of carboxylic acid groups (broad SMARTS) is 1. The van der Waals surface area contributed by atoms with Gasteiger partial charge in [0.25, 0.3) is 0 Å². The first kappa shape index (κ1) is 21.1. The second kappa shape index (κ2) is 8.42. The number of alkyl halides is 3. The second-order valence-electron chi connectivity index (χ2n) is 6.12. The van der Waals surface area contributed by atoms with Crippen LogP contribution in [0.3, 0.4) is 0 Å². The first-order chi connectivity index (χ1) is 13.7. The van der Waals surface area contributed by atoms with Crippen molar-refractivity contribution < 1.29 is 23.1 Å². The van der Waals surface area contributed by atoms with Gasteiger partial charge in [0.15, 0.2) is 0 Å². The van der Waals surface area contributed by atoms with Crippen molar-refractivity contribution >= 4 is 35.2 Å². The second-order valence-corrected chi connectivity index (χ2v) is 7.38. The smallest absolute Gasteiger partial charge is 0.417 e. The lowest BCUT2D eigenvalue weighted by Crippen LogP contribution is -2.08. The molecule has 152 valence electrons. The Balaban J connectivity index is 2.02. The summed E-state index contributed by atoms with van der Waals surface area (Å²) in [5.74, 6) is -1.08. The van der Waals surface area contributed by atoms with Gasteiger partial charge in [0.05, 0.1) is 27.5 Å². The molecule has 3 rings (SSSR count). The first-order valence-corrected chi connectivity index (χ1v) is 9.73. The first-order valence-electron chi connectivity index (χ1n) is 8.54. The number of nitrogens with one attached hydrogen (secondary N) is 1. The molecule has 0 saturated heterocycles. The van der Waals surface area contributed by atoms with Crippen LogP contribution in [0.25, 0.3) is 5.69 Å². The van der Waals surface area contributed by atoms with Gasteiger partial charge < -0.3 is 14.4 Å². The minimum Gasteiger partial charge on any atom is -0.478 e. The Labute approximate surface area is 174 Å². The van der Waals surface area contributed by atoms with Crippen LogP contribution in [0.4, 0.5) is 18.9 Å². The quantitative estimate of drug-likeness (QED) is 0.428. The van der Waals surface area contributed by atoms with Crippen LogP contribution in [0.15, 0.2) is 59.8 Å². The number of aryl methyl sites for hydroxylation is 1. The maximum absolute atomic E-state index is 13.3. The minimum absolute atomic E-state index is 0.101. The Bertz CT molecular complexity index is 1040. The van der Waals surface area contributed by atoms with E-state index >= 15 is 0 Å². The van der Waals surface area contributed by atoms with E-state index in [1.807, 2.05) is 6.92 Å². The Hall–Kier alpha value is -2.58. The molecule has 0 atom stereocenters. The molecule has 2 aromatic carbocycles. The number of halogens is 4. The van der Waals surface area contributed by atoms with Gasteiger partial charge in [-0.15, -0.1) is 0 Å². The third kappa shape index (κ3) is 4.71. The van der Waals surface area contributed by atoms with Crippen LogP contribution in [0.2, 0.25) is 5.02 Å². The molecule has 0 aliphatic heterocycles. The van der Waals surface area contributed by atoms with Crippen molar-refractivity contribution in [3.8, 4) is 5.69 Å². The van der Waals surface area contributed by atoms with Crippen molar-refractivity contribution in [2.75, 3.05) is 4.72 Å². The molecule has 4 nitrogen and oxygen atoms in total. The van der Waals surface area contributed by atoms with E-state index in [4.69, 9.17) is 11.6 Å². The fourth-order valence-electron chi connectivity index (χ4n) is 2.76. The molecule has 0 radical (unpaired) electrons. The lowest BCUT2D eigenvalue weighted by Gasteiger charge is -2.18. The Morgan fingerprint density at radius 2 is 1.90 bits per heavy atom. The standard InChI is InChI=1S/C20H16ClF3N2O2S/c1-2-12-5-6-13(19(27)28)9-18(12)29-25-16-10-14(20(22,23)24)15(21)11-17(16)26-7-3-4-8-26/h3-11,25H,2H2,1H3,(H,27,28). The van der Waals surface area contributed by atoms with Gasteiger partial charge in [-0.1, -0.05) is 24.6 Å². The molecule has 1 aromatic heterocycles. The average Bonchev–Trinajstić information content (AvgIpc) is 3.20. The van der Waals surface area contributed by atoms with Gasteiger partial charge in [-0.25, -0.2) is 4.79 Å². The molecular weight excluding hydrogens is 425 g/mol. The number of aromatic nitrogens is 1. The van der Waals surface area contributed by atoms with Crippen molar-refractivity contribution in [1.82, 2.24) is 4.57 Å². The summed E-state index contributed by atoms with van der Waals surface area (Å²) < 4.78 is 44.6. The molecule has 29 heavy (non-hydrogen) atoms. The molecule has 0 amide bonds. The fourth-order valence-corrected chi connectivity index (χ4v) is 3.93. The molecule has 2 N–H and O–H groups in total. The van der Waals surface area contributed by atoms with E-state index in [1.54, 1.807) is 35.2 Å². The van der Waals surface area contributed by atoms with Crippen molar-refractivity contribution in [2.24, 2.45) is 0 Å². The molecule has 0 saturated carbocycles. The van der Waals surface area contributed by atoms with Gasteiger partial charge in [0.1, 0.15) is 0 Å². The number of rotatable bonds is 6. The third-order valence-corrected chi connectivity index (χ3v) is 5.47. The number of hydrogen-bond acceptors (Lipinski definition) is 3. The Kier molecular flexibility index (Phi) is 6.14. The molecule has 9 heteroatoms. The predicted octanol–water partition coefficient (Wildman–Crippen LogP) is 6.53. The highest BCUT2D eigenvalue weighted by Crippen LogP contribution is 2.40. The van der Waals surface area contributed by atoms with E-state index < -0.39 is 22.7 Å². The van der Waals surface area contributed by atoms with E-state index in [2.05, 4.69) is 4.72 Å². The molecular formula is C20H16ClF3N2O2S. The highest BCUT2D eigenvalue weighted by atomic mass is 35.5. The number of carbonyl (C=O) groups is 1. The van der Waals surface area contributed by atoms with Crippen LogP contribution >= 0.6 is 23.5 Å². The maximum Gasteiger partial charge on any atom is 0.417 e. The van der Waals surface area contributed by atoms with Crippen molar-refractivity contribution in [2.45, 2.75) is 24.4 Å². The normalized spacial score (nSPS) is 11.5. The SMILES string of the molecule is CCc1ccc(C(=O)O)cc1SNc1cc(C(F)(F)F)c(Cl)cc1-n1cccc1. The highest BCUT2D eigenvalue weighted by molar-refractivity contribution is 8.00. The number of anilines is 1. The van der Waals surface area contributed by atoms with Crippen LogP contribution in [0, 0.1) is 0 Å². The van der Waals surface area contributed by atoms with Crippen molar-refractivity contribution in [3.05, 3.63) is 76.6 Å². The van der Waals surface area contributed by atoms with Gasteiger partial charge in [0, 0.05) is 17.3 Å². The molecule has 0 aliphatic rings. The van der Waals surface area contributed by atoms with E-state index in [0.717, 1.165) is 23.6 Å². The summed E-state index contributed by atoms with van der Waals surface area (Å²) >= 11 is 6.95. The Morgan fingerprint density at radius 1 is 1.21 bits per heavy atom. The van der Waals surface area contributed by atoms with E-state index in [1.165, 1.54) is 18.2 Å². The maximum atomic E-state index is 13.3. The lowest BCUT2D eigenvalue weighted by molar-refractivity contribution is -0.137. The van der Waals surface area contributed by atoms with Crippen LogP contribution in [-0.4, -0.2) is 15.6 Å². The highest BCUT2D eigenvalue weighted by Gasteiger charge is 2.34. The number of benzene rings is 2. The number of hydrogen-bond donors (Lipinski definition) is 2. The van der Waals surface area contributed by atoms with E-state index in [0.29, 0.717) is 17.0 Å². The summed E-state index contributed by atoms with van der Waals surface area (Å²) in [7, 11) is 0. The summed E-state index contributed by atoms with van der Waals surface area (Å²) in [6.45, 7) is 1.91. The molecule has 0 bridgehead atoms. The Morgan fingerprint density at radius 3 is 2.48 bits per heavy atom.